The van der Waals surface area contributed by atoms with Crippen molar-refractivity contribution in [3.63, 3.8) is 0 Å². The number of halogens is 4. The first-order valence-corrected chi connectivity index (χ1v) is 8.91. The molecule has 0 atom stereocenters. The van der Waals surface area contributed by atoms with Gasteiger partial charge in [0.1, 0.15) is 5.75 Å². The highest BCUT2D eigenvalue weighted by Crippen LogP contribution is 2.30. The molecular weight excluding hydrogens is 411 g/mol. The van der Waals surface area contributed by atoms with Gasteiger partial charge in [0.2, 0.25) is 11.7 Å². The van der Waals surface area contributed by atoms with Crippen molar-refractivity contribution in [2.45, 2.75) is 12.3 Å². The van der Waals surface area contributed by atoms with Gasteiger partial charge in [0.15, 0.2) is 0 Å². The summed E-state index contributed by atoms with van der Waals surface area (Å²) in [6.45, 7) is 0.744. The molecule has 10 heteroatoms. The third-order valence-electron chi connectivity index (χ3n) is 4.38. The van der Waals surface area contributed by atoms with Gasteiger partial charge < -0.3 is 14.2 Å². The molecule has 0 N–H and O–H groups in total. The van der Waals surface area contributed by atoms with Crippen LogP contribution in [0.2, 0.25) is 5.02 Å². The number of carbonyl (C=O) groups excluding carboxylic acids is 1. The summed E-state index contributed by atoms with van der Waals surface area (Å²) in [5.74, 6) is 0.0435. The van der Waals surface area contributed by atoms with Crippen molar-refractivity contribution in [3.8, 4) is 17.1 Å². The first-order valence-electron chi connectivity index (χ1n) is 8.53. The molecule has 1 aliphatic heterocycles. The second-order valence-corrected chi connectivity index (χ2v) is 6.88. The van der Waals surface area contributed by atoms with Gasteiger partial charge in [-0.3, -0.25) is 4.79 Å². The molecule has 6 nitrogen and oxygen atoms in total. The summed E-state index contributed by atoms with van der Waals surface area (Å²) in [5.41, 5.74) is 0.990. The molecule has 1 fully saturated rings. The van der Waals surface area contributed by atoms with Gasteiger partial charge in [0.25, 0.3) is 5.91 Å². The number of nitrogens with zero attached hydrogens (tertiary/aromatic N) is 3. The van der Waals surface area contributed by atoms with E-state index < -0.39 is 6.36 Å². The van der Waals surface area contributed by atoms with Gasteiger partial charge in [-0.05, 0) is 36.4 Å². The molecule has 0 unspecified atom stereocenters. The summed E-state index contributed by atoms with van der Waals surface area (Å²) in [4.78, 5) is 18.4. The van der Waals surface area contributed by atoms with Gasteiger partial charge in [0, 0.05) is 29.2 Å². The third-order valence-corrected chi connectivity index (χ3v) is 4.61. The topological polar surface area (TPSA) is 68.5 Å². The van der Waals surface area contributed by atoms with Crippen molar-refractivity contribution >= 4 is 17.5 Å². The van der Waals surface area contributed by atoms with Crippen LogP contribution in [0.25, 0.3) is 11.4 Å². The first-order chi connectivity index (χ1) is 13.8. The number of ether oxygens (including phenoxy) is 1. The van der Waals surface area contributed by atoms with Crippen molar-refractivity contribution in [1.82, 2.24) is 15.0 Å². The molecule has 2 heterocycles. The second kappa shape index (κ2) is 7.40. The summed E-state index contributed by atoms with van der Waals surface area (Å²) in [6.07, 6.45) is -4.77. The highest BCUT2D eigenvalue weighted by atomic mass is 35.5. The van der Waals surface area contributed by atoms with Crippen molar-refractivity contribution in [1.29, 1.82) is 0 Å². The lowest BCUT2D eigenvalue weighted by molar-refractivity contribution is -0.274. The largest absolute Gasteiger partial charge is 0.573 e. The Hall–Kier alpha value is -3.07. The minimum atomic E-state index is -4.77. The standard InChI is InChI=1S/C19H13ClF3N3O3/c20-14-3-1-2-12(8-14)16-24-17(29-25-16)13-9-26(10-13)18(27)11-4-6-15(7-5-11)28-19(21,22)23/h1-8,13H,9-10H2. The maximum Gasteiger partial charge on any atom is 0.573 e. The van der Waals surface area contributed by atoms with E-state index in [-0.39, 0.29) is 23.1 Å². The van der Waals surface area contributed by atoms with Crippen LogP contribution in [0.1, 0.15) is 22.2 Å². The Kier molecular flexibility index (Phi) is 4.91. The number of rotatable bonds is 4. The quantitative estimate of drug-likeness (QED) is 0.616. The summed E-state index contributed by atoms with van der Waals surface area (Å²) in [7, 11) is 0. The van der Waals surface area contributed by atoms with Gasteiger partial charge in [-0.25, -0.2) is 0 Å². The minimum absolute atomic E-state index is 0.104. The zero-order valence-electron chi connectivity index (χ0n) is 14.7. The van der Waals surface area contributed by atoms with Crippen LogP contribution >= 0.6 is 11.6 Å². The molecule has 1 amide bonds. The molecule has 3 aromatic rings. The Morgan fingerprint density at radius 1 is 1.17 bits per heavy atom. The highest BCUT2D eigenvalue weighted by molar-refractivity contribution is 6.30. The average molecular weight is 424 g/mol. The van der Waals surface area contributed by atoms with E-state index in [0.717, 1.165) is 17.7 Å². The predicted octanol–water partition coefficient (Wildman–Crippen LogP) is 4.53. The van der Waals surface area contributed by atoms with Crippen molar-refractivity contribution < 1.29 is 27.2 Å². The third kappa shape index (κ3) is 4.34. The maximum atomic E-state index is 12.4. The molecule has 0 aliphatic carbocycles. The summed E-state index contributed by atoms with van der Waals surface area (Å²) in [6, 6.07) is 11.8. The molecule has 150 valence electrons. The molecule has 0 bridgehead atoms. The summed E-state index contributed by atoms with van der Waals surface area (Å²) in [5, 5.41) is 4.50. The Morgan fingerprint density at radius 2 is 1.90 bits per heavy atom. The number of aromatic nitrogens is 2. The molecule has 0 spiro atoms. The van der Waals surface area contributed by atoms with Crippen molar-refractivity contribution in [2.24, 2.45) is 0 Å². The minimum Gasteiger partial charge on any atom is -0.406 e. The van der Waals surface area contributed by atoms with Gasteiger partial charge in [-0.15, -0.1) is 13.2 Å². The van der Waals surface area contributed by atoms with Gasteiger partial charge in [0.05, 0.1) is 5.92 Å². The first kappa shape index (κ1) is 19.3. The van der Waals surface area contributed by atoms with E-state index in [1.807, 2.05) is 6.07 Å². The normalized spacial score (nSPS) is 14.6. The van der Waals surface area contributed by atoms with E-state index in [0.29, 0.717) is 29.8 Å². The van der Waals surface area contributed by atoms with Gasteiger partial charge in [-0.1, -0.05) is 28.9 Å². The molecule has 4 rings (SSSR count). The monoisotopic (exact) mass is 423 g/mol. The Morgan fingerprint density at radius 3 is 2.55 bits per heavy atom. The highest BCUT2D eigenvalue weighted by Gasteiger charge is 2.36. The Bertz CT molecular complexity index is 1030. The van der Waals surface area contributed by atoms with Crippen LogP contribution in [0, 0.1) is 0 Å². The summed E-state index contributed by atoms with van der Waals surface area (Å²) < 4.78 is 45.7. The number of carbonyl (C=O) groups is 1. The Balaban J connectivity index is 1.37. The fourth-order valence-electron chi connectivity index (χ4n) is 2.93. The van der Waals surface area contributed by atoms with E-state index in [1.54, 1.807) is 23.1 Å². The average Bonchev–Trinajstić information content (AvgIpc) is 3.09. The van der Waals surface area contributed by atoms with E-state index in [1.165, 1.54) is 12.1 Å². The van der Waals surface area contributed by atoms with Gasteiger partial charge >= 0.3 is 6.36 Å². The van der Waals surface area contributed by atoms with Crippen LogP contribution in [-0.4, -0.2) is 40.4 Å². The van der Waals surface area contributed by atoms with Crippen LogP contribution in [0.15, 0.2) is 53.1 Å². The number of benzene rings is 2. The Labute approximate surface area is 167 Å². The predicted molar refractivity (Wildman–Crippen MR) is 96.5 cm³/mol. The maximum absolute atomic E-state index is 12.4. The number of likely N-dealkylation sites (tertiary alicyclic amines) is 1. The smallest absolute Gasteiger partial charge is 0.406 e. The fourth-order valence-corrected chi connectivity index (χ4v) is 3.12. The number of alkyl halides is 3. The zero-order valence-corrected chi connectivity index (χ0v) is 15.4. The van der Waals surface area contributed by atoms with E-state index >= 15 is 0 Å². The molecule has 29 heavy (non-hydrogen) atoms. The van der Waals surface area contributed by atoms with Crippen molar-refractivity contribution in [2.75, 3.05) is 13.1 Å². The molecule has 1 aromatic heterocycles. The lowest BCUT2D eigenvalue weighted by Crippen LogP contribution is -2.48. The van der Waals surface area contributed by atoms with E-state index in [4.69, 9.17) is 16.1 Å². The van der Waals surface area contributed by atoms with Crippen LogP contribution < -0.4 is 4.74 Å². The molecule has 0 radical (unpaired) electrons. The number of hydrogen-bond donors (Lipinski definition) is 0. The molecule has 1 aliphatic rings. The lowest BCUT2D eigenvalue weighted by atomic mass is 9.98. The van der Waals surface area contributed by atoms with Crippen LogP contribution in [0.5, 0.6) is 5.75 Å². The molecule has 0 saturated carbocycles. The lowest BCUT2D eigenvalue weighted by Gasteiger charge is -2.37. The van der Waals surface area contributed by atoms with Crippen LogP contribution in [0.4, 0.5) is 13.2 Å². The molecule has 2 aromatic carbocycles. The van der Waals surface area contributed by atoms with E-state index in [9.17, 15) is 18.0 Å². The second-order valence-electron chi connectivity index (χ2n) is 6.45. The number of amides is 1. The zero-order chi connectivity index (χ0) is 20.6. The SMILES string of the molecule is O=C(c1ccc(OC(F)(F)F)cc1)N1CC(c2nc(-c3cccc(Cl)c3)no2)C1. The van der Waals surface area contributed by atoms with Crippen molar-refractivity contribution in [3.05, 3.63) is 65.0 Å². The molecule has 1 saturated heterocycles. The van der Waals surface area contributed by atoms with E-state index in [2.05, 4.69) is 14.9 Å². The number of hydrogen-bond acceptors (Lipinski definition) is 5. The van der Waals surface area contributed by atoms with Crippen LogP contribution in [0.3, 0.4) is 0 Å². The van der Waals surface area contributed by atoms with Gasteiger partial charge in [-0.2, -0.15) is 4.98 Å². The van der Waals surface area contributed by atoms with Crippen LogP contribution in [-0.2, 0) is 0 Å². The summed E-state index contributed by atoms with van der Waals surface area (Å²) >= 11 is 5.96. The molecular formula is C19H13ClF3N3O3. The fraction of sp³-hybridized carbons (Fsp3) is 0.211.